The summed E-state index contributed by atoms with van der Waals surface area (Å²) < 4.78 is 32.3. The first-order valence-corrected chi connectivity index (χ1v) is 5.83. The van der Waals surface area contributed by atoms with E-state index in [1.807, 2.05) is 0 Å². The van der Waals surface area contributed by atoms with Gasteiger partial charge in [-0.25, -0.2) is 4.79 Å². The maximum Gasteiger partial charge on any atom is 0.377 e. The molecule has 1 unspecified atom stereocenters. The number of ether oxygens (including phenoxy) is 1. The topological polar surface area (TPSA) is 46.5 Å². The molecule has 1 N–H and O–H groups in total. The average molecular weight is 256 g/mol. The number of carbonyl (C=O) groups is 1. The number of phenolic OH excluding ortho intramolecular Hbond substituents is 1. The lowest BCUT2D eigenvalue weighted by molar-refractivity contribution is -0.175. The molecule has 0 saturated carbocycles. The van der Waals surface area contributed by atoms with Crippen molar-refractivity contribution in [2.45, 2.75) is 31.6 Å². The minimum atomic E-state index is -3.52. The van der Waals surface area contributed by atoms with Crippen LogP contribution in [0, 0.1) is 0 Å². The zero-order chi connectivity index (χ0) is 13.3. The average Bonchev–Trinajstić information content (AvgIpc) is 2.72. The number of aromatic hydroxyl groups is 1. The molecule has 0 aliphatic heterocycles. The lowest BCUT2D eigenvalue weighted by Gasteiger charge is -2.22. The van der Waals surface area contributed by atoms with E-state index in [2.05, 4.69) is 4.74 Å². The van der Waals surface area contributed by atoms with Gasteiger partial charge in [-0.3, -0.25) is 0 Å². The van der Waals surface area contributed by atoms with Crippen molar-refractivity contribution in [3.8, 4) is 5.75 Å². The van der Waals surface area contributed by atoms with Crippen LogP contribution in [-0.2, 0) is 16.0 Å². The summed E-state index contributed by atoms with van der Waals surface area (Å²) in [5, 5.41) is 9.30. The van der Waals surface area contributed by atoms with Crippen LogP contribution in [0.1, 0.15) is 30.4 Å². The first-order chi connectivity index (χ1) is 8.46. The van der Waals surface area contributed by atoms with Gasteiger partial charge in [-0.05, 0) is 43.0 Å². The largest absolute Gasteiger partial charge is 0.508 e. The number of phenols is 1. The molecule has 1 aromatic rings. The van der Waals surface area contributed by atoms with Crippen molar-refractivity contribution >= 4 is 5.97 Å². The summed E-state index contributed by atoms with van der Waals surface area (Å²) >= 11 is 0. The van der Waals surface area contributed by atoms with Gasteiger partial charge in [0.1, 0.15) is 5.75 Å². The lowest BCUT2D eigenvalue weighted by Crippen LogP contribution is -2.36. The van der Waals surface area contributed by atoms with Crippen molar-refractivity contribution in [3.05, 3.63) is 29.3 Å². The summed E-state index contributed by atoms with van der Waals surface area (Å²) in [6.07, 6.45) is 0.619. The van der Waals surface area contributed by atoms with E-state index in [9.17, 15) is 18.7 Å². The summed E-state index contributed by atoms with van der Waals surface area (Å²) in [6.45, 7) is 1.43. The maximum atomic E-state index is 14.0. The van der Waals surface area contributed by atoms with Gasteiger partial charge in [-0.2, -0.15) is 8.78 Å². The zero-order valence-corrected chi connectivity index (χ0v) is 9.95. The van der Waals surface area contributed by atoms with E-state index in [1.54, 1.807) is 0 Å². The first kappa shape index (κ1) is 12.8. The van der Waals surface area contributed by atoms with Gasteiger partial charge >= 0.3 is 11.9 Å². The van der Waals surface area contributed by atoms with Gasteiger partial charge in [0, 0.05) is 0 Å². The molecule has 1 aliphatic rings. The van der Waals surface area contributed by atoms with Gasteiger partial charge in [0.15, 0.2) is 0 Å². The van der Waals surface area contributed by atoms with Gasteiger partial charge in [-0.15, -0.1) is 0 Å². The second-order valence-electron chi connectivity index (χ2n) is 4.32. The lowest BCUT2D eigenvalue weighted by atomic mass is 9.94. The highest BCUT2D eigenvalue weighted by Gasteiger charge is 2.51. The van der Waals surface area contributed by atoms with Crippen LogP contribution in [0.2, 0.25) is 0 Å². The van der Waals surface area contributed by atoms with Crippen LogP contribution >= 0.6 is 0 Å². The third-order valence-corrected chi connectivity index (χ3v) is 3.19. The summed E-state index contributed by atoms with van der Waals surface area (Å²) in [6, 6.07) is 4.28. The van der Waals surface area contributed by atoms with Gasteiger partial charge in [0.2, 0.25) is 0 Å². The smallest absolute Gasteiger partial charge is 0.377 e. The molecule has 0 heterocycles. The molecule has 3 nitrogen and oxygen atoms in total. The van der Waals surface area contributed by atoms with Crippen LogP contribution in [-0.4, -0.2) is 23.6 Å². The highest BCUT2D eigenvalue weighted by molar-refractivity contribution is 5.79. The molecular weight excluding hydrogens is 242 g/mol. The molecule has 1 aliphatic carbocycles. The fourth-order valence-electron chi connectivity index (χ4n) is 2.35. The van der Waals surface area contributed by atoms with Crippen molar-refractivity contribution < 1.29 is 23.4 Å². The van der Waals surface area contributed by atoms with Crippen LogP contribution in [0.4, 0.5) is 8.78 Å². The minimum absolute atomic E-state index is 0.0499. The van der Waals surface area contributed by atoms with E-state index in [1.165, 1.54) is 25.1 Å². The van der Waals surface area contributed by atoms with E-state index in [0.717, 1.165) is 0 Å². The molecule has 0 aromatic heterocycles. The highest BCUT2D eigenvalue weighted by Crippen LogP contribution is 2.44. The van der Waals surface area contributed by atoms with Crippen LogP contribution in [0.5, 0.6) is 5.75 Å². The van der Waals surface area contributed by atoms with Crippen LogP contribution in [0.3, 0.4) is 0 Å². The molecule has 18 heavy (non-hydrogen) atoms. The molecule has 1 atom stereocenters. The minimum Gasteiger partial charge on any atom is -0.508 e. The van der Waals surface area contributed by atoms with E-state index in [0.29, 0.717) is 17.5 Å². The fourth-order valence-corrected chi connectivity index (χ4v) is 2.35. The molecule has 0 spiro atoms. The Kier molecular flexibility index (Phi) is 3.24. The number of esters is 1. The number of alkyl halides is 2. The van der Waals surface area contributed by atoms with E-state index in [-0.39, 0.29) is 18.8 Å². The Hall–Kier alpha value is -1.65. The highest BCUT2D eigenvalue weighted by atomic mass is 19.3. The first-order valence-electron chi connectivity index (χ1n) is 5.83. The van der Waals surface area contributed by atoms with E-state index in [4.69, 9.17) is 0 Å². The second kappa shape index (κ2) is 4.55. The Morgan fingerprint density at radius 2 is 2.28 bits per heavy atom. The molecule has 0 saturated heterocycles. The summed E-state index contributed by atoms with van der Waals surface area (Å²) in [7, 11) is 0. The number of carbonyl (C=O) groups excluding carboxylic acids is 1. The van der Waals surface area contributed by atoms with Crippen molar-refractivity contribution in [2.75, 3.05) is 6.61 Å². The van der Waals surface area contributed by atoms with Crippen molar-refractivity contribution in [2.24, 2.45) is 0 Å². The third kappa shape index (κ3) is 2.05. The number of aryl methyl sites for hydroxylation is 1. The van der Waals surface area contributed by atoms with Gasteiger partial charge < -0.3 is 9.84 Å². The van der Waals surface area contributed by atoms with Crippen LogP contribution in [0.25, 0.3) is 0 Å². The Bertz CT molecular complexity index is 471. The summed E-state index contributed by atoms with van der Waals surface area (Å²) in [5.41, 5.74) is 1.09. The SMILES string of the molecule is CCOC(=O)C(F)(F)C1CCc2cc(O)ccc21. The summed E-state index contributed by atoms with van der Waals surface area (Å²) in [4.78, 5) is 11.3. The van der Waals surface area contributed by atoms with Crippen molar-refractivity contribution in [3.63, 3.8) is 0 Å². The Morgan fingerprint density at radius 1 is 1.56 bits per heavy atom. The predicted octanol–water partition coefficient (Wildman–Crippen LogP) is 2.62. The Labute approximate surface area is 103 Å². The maximum absolute atomic E-state index is 14.0. The molecule has 0 amide bonds. The molecule has 2 rings (SSSR count). The normalized spacial score (nSPS) is 18.5. The number of benzene rings is 1. The van der Waals surface area contributed by atoms with Gasteiger partial charge in [0.25, 0.3) is 0 Å². The molecule has 0 fully saturated rings. The monoisotopic (exact) mass is 256 g/mol. The molecule has 1 aromatic carbocycles. The van der Waals surface area contributed by atoms with Crippen LogP contribution in [0.15, 0.2) is 18.2 Å². The number of hydrogen-bond acceptors (Lipinski definition) is 3. The zero-order valence-electron chi connectivity index (χ0n) is 9.95. The quantitative estimate of drug-likeness (QED) is 0.845. The number of fused-ring (bicyclic) bond motifs is 1. The second-order valence-corrected chi connectivity index (χ2v) is 4.32. The Balaban J connectivity index is 2.30. The van der Waals surface area contributed by atoms with E-state index < -0.39 is 17.8 Å². The predicted molar refractivity (Wildman–Crippen MR) is 60.7 cm³/mol. The third-order valence-electron chi connectivity index (χ3n) is 3.19. The molecule has 5 heteroatoms. The van der Waals surface area contributed by atoms with Gasteiger partial charge in [-0.1, -0.05) is 6.07 Å². The molecule has 98 valence electrons. The number of halogens is 2. The van der Waals surface area contributed by atoms with Crippen molar-refractivity contribution in [1.82, 2.24) is 0 Å². The fraction of sp³-hybridized carbons (Fsp3) is 0.462. The van der Waals surface area contributed by atoms with Crippen LogP contribution < -0.4 is 0 Å². The molecule has 0 bridgehead atoms. The molecular formula is C13H14F2O3. The number of hydrogen-bond donors (Lipinski definition) is 1. The van der Waals surface area contributed by atoms with Crippen molar-refractivity contribution in [1.29, 1.82) is 0 Å². The molecule has 0 radical (unpaired) electrons. The standard InChI is InChI=1S/C13H14F2O3/c1-2-18-12(17)13(14,15)11-6-3-8-7-9(16)4-5-10(8)11/h4-5,7,11,16H,2-3,6H2,1H3. The van der Waals surface area contributed by atoms with E-state index >= 15 is 0 Å². The summed E-state index contributed by atoms with van der Waals surface area (Å²) in [5.74, 6) is -6.10. The Morgan fingerprint density at radius 3 is 2.94 bits per heavy atom. The van der Waals surface area contributed by atoms with Gasteiger partial charge in [0.05, 0.1) is 12.5 Å². The number of rotatable bonds is 3.